The third-order valence-corrected chi connectivity index (χ3v) is 3.53. The summed E-state index contributed by atoms with van der Waals surface area (Å²) in [6, 6.07) is 7.91. The highest BCUT2D eigenvalue weighted by Gasteiger charge is 2.22. The van der Waals surface area contributed by atoms with E-state index in [0.717, 1.165) is 24.3 Å². The summed E-state index contributed by atoms with van der Waals surface area (Å²) in [4.78, 5) is 0. The minimum atomic E-state index is -0.173. The third-order valence-electron chi connectivity index (χ3n) is 3.28. The lowest BCUT2D eigenvalue weighted by Gasteiger charge is -2.20. The second-order valence-corrected chi connectivity index (χ2v) is 4.80. The van der Waals surface area contributed by atoms with Gasteiger partial charge in [0.15, 0.2) is 0 Å². The molecule has 2 rings (SSSR count). The first-order valence-electron chi connectivity index (χ1n) is 5.71. The van der Waals surface area contributed by atoms with Crippen LogP contribution in [0.4, 0.5) is 0 Å². The summed E-state index contributed by atoms with van der Waals surface area (Å²) in [6.07, 6.45) is 5.50. The predicted octanol–water partition coefficient (Wildman–Crippen LogP) is 3.75. The van der Waals surface area contributed by atoms with Crippen LogP contribution >= 0.6 is 11.6 Å². The van der Waals surface area contributed by atoms with Gasteiger partial charge in [-0.05, 0) is 30.5 Å². The highest BCUT2D eigenvalue weighted by Crippen LogP contribution is 2.32. The molecule has 1 N–H and O–H groups in total. The first-order chi connectivity index (χ1) is 7.27. The zero-order valence-electron chi connectivity index (χ0n) is 8.82. The zero-order valence-corrected chi connectivity index (χ0v) is 9.58. The van der Waals surface area contributed by atoms with Crippen LogP contribution in [0.25, 0.3) is 0 Å². The number of aliphatic hydroxyl groups excluding tert-OH is 1. The van der Waals surface area contributed by atoms with E-state index in [4.69, 9.17) is 11.6 Å². The van der Waals surface area contributed by atoms with Crippen LogP contribution in [-0.2, 0) is 0 Å². The van der Waals surface area contributed by atoms with Crippen molar-refractivity contribution in [2.24, 2.45) is 0 Å². The minimum absolute atomic E-state index is 0.173. The molecule has 2 atom stereocenters. The van der Waals surface area contributed by atoms with E-state index < -0.39 is 0 Å². The Morgan fingerprint density at radius 1 is 1.00 bits per heavy atom. The van der Waals surface area contributed by atoms with Crippen molar-refractivity contribution in [3.05, 3.63) is 34.9 Å². The third kappa shape index (κ3) is 2.73. The molecule has 1 fully saturated rings. The second-order valence-electron chi connectivity index (χ2n) is 4.36. The Balaban J connectivity index is 2.16. The highest BCUT2D eigenvalue weighted by atomic mass is 35.5. The molecule has 0 aromatic heterocycles. The molecule has 1 aromatic rings. The molecule has 2 unspecified atom stereocenters. The summed E-state index contributed by atoms with van der Waals surface area (Å²) in [7, 11) is 0. The van der Waals surface area contributed by atoms with Crippen LogP contribution in [-0.4, -0.2) is 11.2 Å². The van der Waals surface area contributed by atoms with E-state index in [1.165, 1.54) is 18.4 Å². The summed E-state index contributed by atoms with van der Waals surface area (Å²) in [5.74, 6) is 0.310. The topological polar surface area (TPSA) is 20.2 Å². The van der Waals surface area contributed by atoms with Gasteiger partial charge in [-0.2, -0.15) is 0 Å². The summed E-state index contributed by atoms with van der Waals surface area (Å²) < 4.78 is 0. The normalized spacial score (nSPS) is 27.3. The molecule has 1 aliphatic carbocycles. The number of hydrogen-bond acceptors (Lipinski definition) is 1. The number of rotatable bonds is 1. The molecule has 0 heterocycles. The molecule has 0 spiro atoms. The van der Waals surface area contributed by atoms with Crippen LogP contribution in [0.1, 0.15) is 43.6 Å². The van der Waals surface area contributed by atoms with Crippen molar-refractivity contribution in [3.63, 3.8) is 0 Å². The van der Waals surface area contributed by atoms with Crippen LogP contribution in [0.5, 0.6) is 0 Å². The molecule has 0 radical (unpaired) electrons. The monoisotopic (exact) mass is 224 g/mol. The molecule has 82 valence electrons. The first kappa shape index (κ1) is 11.0. The Bertz CT molecular complexity index is 307. The van der Waals surface area contributed by atoms with Crippen molar-refractivity contribution >= 4 is 11.6 Å². The molecule has 0 bridgehead atoms. The van der Waals surface area contributed by atoms with Crippen LogP contribution in [0.2, 0.25) is 5.02 Å². The van der Waals surface area contributed by atoms with Gasteiger partial charge in [-0.3, -0.25) is 0 Å². The molecule has 1 saturated carbocycles. The van der Waals surface area contributed by atoms with Gasteiger partial charge >= 0.3 is 0 Å². The average molecular weight is 225 g/mol. The Labute approximate surface area is 96.1 Å². The SMILES string of the molecule is OC1CCCCCC1c1ccc(Cl)cc1. The fraction of sp³-hybridized carbons (Fsp3) is 0.538. The van der Waals surface area contributed by atoms with E-state index in [9.17, 15) is 5.11 Å². The molecular formula is C13H17ClO. The van der Waals surface area contributed by atoms with Gasteiger partial charge in [-0.15, -0.1) is 0 Å². The molecule has 0 amide bonds. The number of halogens is 1. The summed E-state index contributed by atoms with van der Waals surface area (Å²) in [5.41, 5.74) is 1.23. The lowest BCUT2D eigenvalue weighted by atomic mass is 9.90. The zero-order chi connectivity index (χ0) is 10.7. The summed E-state index contributed by atoms with van der Waals surface area (Å²) >= 11 is 5.86. The van der Waals surface area contributed by atoms with Gasteiger partial charge in [-0.1, -0.05) is 43.0 Å². The first-order valence-corrected chi connectivity index (χ1v) is 6.09. The number of aliphatic hydroxyl groups is 1. The maximum atomic E-state index is 10.0. The van der Waals surface area contributed by atoms with Gasteiger partial charge in [0.2, 0.25) is 0 Å². The lowest BCUT2D eigenvalue weighted by Crippen LogP contribution is -2.16. The molecule has 2 heteroatoms. The Morgan fingerprint density at radius 3 is 2.40 bits per heavy atom. The standard InChI is InChI=1S/C13H17ClO/c14-11-8-6-10(7-9-11)12-4-2-1-3-5-13(12)15/h6-9,12-13,15H,1-5H2. The highest BCUT2D eigenvalue weighted by molar-refractivity contribution is 6.30. The maximum absolute atomic E-state index is 10.0. The number of hydrogen-bond donors (Lipinski definition) is 1. The fourth-order valence-electron chi connectivity index (χ4n) is 2.39. The second kappa shape index (κ2) is 5.00. The van der Waals surface area contributed by atoms with Crippen LogP contribution < -0.4 is 0 Å². The van der Waals surface area contributed by atoms with Crippen molar-refractivity contribution in [1.29, 1.82) is 0 Å². The van der Waals surface area contributed by atoms with Gasteiger partial charge < -0.3 is 5.11 Å². The van der Waals surface area contributed by atoms with Gasteiger partial charge in [0.25, 0.3) is 0 Å². The average Bonchev–Trinajstić information content (AvgIpc) is 2.44. The van der Waals surface area contributed by atoms with Crippen LogP contribution in [0.3, 0.4) is 0 Å². The minimum Gasteiger partial charge on any atom is -0.392 e. The van der Waals surface area contributed by atoms with Crippen molar-refractivity contribution in [2.45, 2.75) is 44.1 Å². The molecule has 1 aliphatic rings. The van der Waals surface area contributed by atoms with Crippen molar-refractivity contribution in [1.82, 2.24) is 0 Å². The number of benzene rings is 1. The molecule has 1 nitrogen and oxygen atoms in total. The van der Waals surface area contributed by atoms with E-state index in [1.807, 2.05) is 24.3 Å². The molecular weight excluding hydrogens is 208 g/mol. The van der Waals surface area contributed by atoms with E-state index in [0.29, 0.717) is 5.92 Å². The van der Waals surface area contributed by atoms with E-state index in [-0.39, 0.29) is 6.10 Å². The van der Waals surface area contributed by atoms with Crippen LogP contribution in [0, 0.1) is 0 Å². The van der Waals surface area contributed by atoms with Gasteiger partial charge in [0.1, 0.15) is 0 Å². The predicted molar refractivity (Wildman–Crippen MR) is 63.3 cm³/mol. The van der Waals surface area contributed by atoms with Crippen LogP contribution in [0.15, 0.2) is 24.3 Å². The van der Waals surface area contributed by atoms with Gasteiger partial charge in [-0.25, -0.2) is 0 Å². The van der Waals surface area contributed by atoms with E-state index >= 15 is 0 Å². The molecule has 0 saturated heterocycles. The largest absolute Gasteiger partial charge is 0.392 e. The Hall–Kier alpha value is -0.530. The summed E-state index contributed by atoms with van der Waals surface area (Å²) in [6.45, 7) is 0. The van der Waals surface area contributed by atoms with E-state index in [2.05, 4.69) is 0 Å². The lowest BCUT2D eigenvalue weighted by molar-refractivity contribution is 0.135. The van der Waals surface area contributed by atoms with E-state index in [1.54, 1.807) is 0 Å². The van der Waals surface area contributed by atoms with Crippen molar-refractivity contribution < 1.29 is 5.11 Å². The maximum Gasteiger partial charge on any atom is 0.0608 e. The quantitative estimate of drug-likeness (QED) is 0.721. The Morgan fingerprint density at radius 2 is 1.67 bits per heavy atom. The van der Waals surface area contributed by atoms with Crippen molar-refractivity contribution in [2.75, 3.05) is 0 Å². The van der Waals surface area contributed by atoms with Gasteiger partial charge in [0.05, 0.1) is 6.10 Å². The smallest absolute Gasteiger partial charge is 0.0608 e. The van der Waals surface area contributed by atoms with Gasteiger partial charge in [0, 0.05) is 10.9 Å². The summed E-state index contributed by atoms with van der Waals surface area (Å²) in [5, 5.41) is 10.8. The molecule has 1 aromatic carbocycles. The Kier molecular flexibility index (Phi) is 3.66. The fourth-order valence-corrected chi connectivity index (χ4v) is 2.51. The molecule has 15 heavy (non-hydrogen) atoms. The van der Waals surface area contributed by atoms with Crippen molar-refractivity contribution in [3.8, 4) is 0 Å². The molecule has 0 aliphatic heterocycles.